The van der Waals surface area contributed by atoms with Crippen molar-refractivity contribution < 1.29 is 30.8 Å². The van der Waals surface area contributed by atoms with Crippen LogP contribution < -0.4 is 0 Å². The molecule has 0 atom stereocenters. The molecule has 1 aliphatic heterocycles. The molecule has 1 saturated heterocycles. The van der Waals surface area contributed by atoms with Crippen LogP contribution in [0.15, 0.2) is 41.6 Å². The van der Waals surface area contributed by atoms with Gasteiger partial charge in [-0.15, -0.1) is 0 Å². The summed E-state index contributed by atoms with van der Waals surface area (Å²) < 4.78 is 78.5. The topological polar surface area (TPSA) is 78.8 Å². The lowest BCUT2D eigenvalue weighted by molar-refractivity contribution is -0.141. The van der Waals surface area contributed by atoms with Crippen LogP contribution in [0, 0.1) is 5.82 Å². The van der Waals surface area contributed by atoms with Gasteiger partial charge in [0.15, 0.2) is 0 Å². The fraction of sp³-hybridized carbons (Fsp3) is 0.474. The molecule has 1 amide bonds. The second kappa shape index (κ2) is 9.55. The highest BCUT2D eigenvalue weighted by Crippen LogP contribution is 2.20. The molecule has 0 bridgehead atoms. The second-order valence-electron chi connectivity index (χ2n) is 7.50. The predicted molar refractivity (Wildman–Crippen MR) is 106 cm³/mol. The number of likely N-dealkylation sites (N-methyl/N-ethyl adjacent to an activating group) is 1. The van der Waals surface area contributed by atoms with E-state index in [-0.39, 0.29) is 55.9 Å². The van der Waals surface area contributed by atoms with Crippen molar-refractivity contribution >= 4 is 15.9 Å². The van der Waals surface area contributed by atoms with Gasteiger partial charge in [0.2, 0.25) is 15.9 Å². The Labute approximate surface area is 183 Å². The van der Waals surface area contributed by atoms with Crippen molar-refractivity contribution in [3.05, 3.63) is 48.3 Å². The summed E-state index contributed by atoms with van der Waals surface area (Å²) >= 11 is 0. The number of sulfonamides is 1. The van der Waals surface area contributed by atoms with Crippen LogP contribution in [0.4, 0.5) is 17.6 Å². The zero-order chi connectivity index (χ0) is 23.5. The van der Waals surface area contributed by atoms with Crippen molar-refractivity contribution in [2.24, 2.45) is 0 Å². The third kappa shape index (κ3) is 6.04. The van der Waals surface area contributed by atoms with Gasteiger partial charge in [0.05, 0.1) is 18.0 Å². The number of carbonyl (C=O) groups is 1. The van der Waals surface area contributed by atoms with Crippen molar-refractivity contribution in [1.29, 1.82) is 0 Å². The second-order valence-corrected chi connectivity index (χ2v) is 9.44. The Kier molecular flexibility index (Phi) is 7.20. The number of rotatable bonds is 7. The van der Waals surface area contributed by atoms with Crippen LogP contribution in [0.2, 0.25) is 0 Å². The molecule has 1 aromatic carbocycles. The molecule has 0 saturated carbocycles. The highest BCUT2D eigenvalue weighted by Gasteiger charge is 2.31. The van der Waals surface area contributed by atoms with Crippen LogP contribution in [0.5, 0.6) is 0 Å². The largest absolute Gasteiger partial charge is 0.406 e. The summed E-state index contributed by atoms with van der Waals surface area (Å²) in [5.41, 5.74) is 0. The first-order chi connectivity index (χ1) is 15.0. The summed E-state index contributed by atoms with van der Waals surface area (Å²) in [4.78, 5) is 19.6. The van der Waals surface area contributed by atoms with Gasteiger partial charge in [0, 0.05) is 38.6 Å². The van der Waals surface area contributed by atoms with Crippen LogP contribution in [0.1, 0.15) is 5.82 Å². The summed E-state index contributed by atoms with van der Waals surface area (Å²) in [7, 11) is -2.19. The van der Waals surface area contributed by atoms with E-state index in [4.69, 9.17) is 0 Å². The number of nitrogens with zero attached hydrogens (tertiary/aromatic N) is 5. The monoisotopic (exact) mass is 477 g/mol. The van der Waals surface area contributed by atoms with Gasteiger partial charge >= 0.3 is 6.18 Å². The van der Waals surface area contributed by atoms with Gasteiger partial charge in [-0.3, -0.25) is 9.69 Å². The van der Waals surface area contributed by atoms with Gasteiger partial charge in [0.25, 0.3) is 0 Å². The van der Waals surface area contributed by atoms with E-state index in [2.05, 4.69) is 4.98 Å². The van der Waals surface area contributed by atoms with Crippen molar-refractivity contribution in [1.82, 2.24) is 23.7 Å². The number of benzene rings is 1. The highest BCUT2D eigenvalue weighted by molar-refractivity contribution is 7.89. The molecule has 13 heteroatoms. The third-order valence-electron chi connectivity index (χ3n) is 5.01. The Bertz CT molecular complexity index is 1030. The Morgan fingerprint density at radius 1 is 1.12 bits per heavy atom. The quantitative estimate of drug-likeness (QED) is 0.566. The maximum absolute atomic E-state index is 13.1. The molecular formula is C19H23F4N5O3S. The van der Waals surface area contributed by atoms with Crippen molar-refractivity contribution in [3.63, 3.8) is 0 Å². The number of carbonyl (C=O) groups excluding carboxylic acids is 1. The molecule has 0 aliphatic carbocycles. The van der Waals surface area contributed by atoms with E-state index in [1.54, 1.807) is 11.9 Å². The standard InChI is InChI=1S/C19H23F4N5O3S/c1-25(12-17-24-6-7-27(17)14-19(21,22)23)13-18(29)26-8-10-28(11-9-26)32(30,31)16-4-2-15(20)3-5-16/h2-7H,8-14H2,1H3. The van der Waals surface area contributed by atoms with E-state index in [0.717, 1.165) is 16.7 Å². The smallest absolute Gasteiger partial charge is 0.339 e. The minimum Gasteiger partial charge on any atom is -0.339 e. The van der Waals surface area contributed by atoms with E-state index >= 15 is 0 Å². The van der Waals surface area contributed by atoms with E-state index in [0.29, 0.717) is 0 Å². The average molecular weight is 477 g/mol. The normalized spacial score (nSPS) is 16.0. The lowest BCUT2D eigenvalue weighted by atomic mass is 10.3. The molecule has 2 heterocycles. The molecule has 0 radical (unpaired) electrons. The average Bonchev–Trinajstić information content (AvgIpc) is 3.13. The highest BCUT2D eigenvalue weighted by atomic mass is 32.2. The Balaban J connectivity index is 1.52. The molecule has 176 valence electrons. The van der Waals surface area contributed by atoms with Crippen molar-refractivity contribution in [2.75, 3.05) is 39.8 Å². The maximum Gasteiger partial charge on any atom is 0.406 e. The van der Waals surface area contributed by atoms with Gasteiger partial charge in [-0.2, -0.15) is 17.5 Å². The van der Waals surface area contributed by atoms with Gasteiger partial charge in [-0.05, 0) is 31.3 Å². The number of imidazole rings is 1. The molecule has 1 aromatic heterocycles. The van der Waals surface area contributed by atoms with E-state index in [1.165, 1.54) is 33.7 Å². The fourth-order valence-electron chi connectivity index (χ4n) is 3.39. The van der Waals surface area contributed by atoms with E-state index in [9.17, 15) is 30.8 Å². The van der Waals surface area contributed by atoms with Crippen molar-refractivity contribution in [3.8, 4) is 0 Å². The van der Waals surface area contributed by atoms with Gasteiger partial charge in [-0.25, -0.2) is 17.8 Å². The maximum atomic E-state index is 13.1. The minimum atomic E-state index is -4.38. The van der Waals surface area contributed by atoms with E-state index in [1.807, 2.05) is 0 Å². The molecule has 3 rings (SSSR count). The summed E-state index contributed by atoms with van der Waals surface area (Å²) in [5, 5.41) is 0. The molecule has 0 unspecified atom stereocenters. The summed E-state index contributed by atoms with van der Waals surface area (Å²) in [5.74, 6) is -0.613. The number of hydrogen-bond donors (Lipinski definition) is 0. The molecule has 1 fully saturated rings. The molecule has 0 spiro atoms. The molecule has 8 nitrogen and oxygen atoms in total. The number of amides is 1. The fourth-order valence-corrected chi connectivity index (χ4v) is 4.81. The predicted octanol–water partition coefficient (Wildman–Crippen LogP) is 1.55. The number of halogens is 4. The van der Waals surface area contributed by atoms with Crippen molar-refractivity contribution in [2.45, 2.75) is 24.2 Å². The summed E-state index contributed by atoms with van der Waals surface area (Å²) in [6, 6.07) is 4.53. The van der Waals surface area contributed by atoms with Crippen LogP contribution >= 0.6 is 0 Å². The first-order valence-electron chi connectivity index (χ1n) is 9.74. The zero-order valence-electron chi connectivity index (χ0n) is 17.3. The Morgan fingerprint density at radius 2 is 1.75 bits per heavy atom. The molecule has 0 N–H and O–H groups in total. The summed E-state index contributed by atoms with van der Waals surface area (Å²) in [6.45, 7) is -0.631. The first-order valence-corrected chi connectivity index (χ1v) is 11.2. The molecular weight excluding hydrogens is 454 g/mol. The third-order valence-corrected chi connectivity index (χ3v) is 6.92. The van der Waals surface area contributed by atoms with Crippen LogP contribution in [0.3, 0.4) is 0 Å². The summed E-state index contributed by atoms with van der Waals surface area (Å²) in [6.07, 6.45) is -1.87. The molecule has 1 aliphatic rings. The first kappa shape index (κ1) is 24.1. The van der Waals surface area contributed by atoms with Gasteiger partial charge < -0.3 is 9.47 Å². The zero-order valence-corrected chi connectivity index (χ0v) is 18.1. The lowest BCUT2D eigenvalue weighted by Crippen LogP contribution is -2.52. The number of piperazine rings is 1. The minimum absolute atomic E-state index is 0.0206. The number of alkyl halides is 3. The van der Waals surface area contributed by atoms with Gasteiger partial charge in [0.1, 0.15) is 18.2 Å². The Morgan fingerprint density at radius 3 is 2.34 bits per heavy atom. The SMILES string of the molecule is CN(CC(=O)N1CCN(S(=O)(=O)c2ccc(F)cc2)CC1)Cc1nccn1CC(F)(F)F. The Hall–Kier alpha value is -2.51. The van der Waals surface area contributed by atoms with Crippen LogP contribution in [0.25, 0.3) is 0 Å². The number of aromatic nitrogens is 2. The van der Waals surface area contributed by atoms with Crippen LogP contribution in [-0.2, 0) is 27.9 Å². The number of hydrogen-bond acceptors (Lipinski definition) is 5. The lowest BCUT2D eigenvalue weighted by Gasteiger charge is -2.34. The molecule has 32 heavy (non-hydrogen) atoms. The van der Waals surface area contributed by atoms with Crippen LogP contribution in [-0.4, -0.2) is 83.9 Å². The molecule has 2 aromatic rings. The van der Waals surface area contributed by atoms with E-state index < -0.39 is 28.6 Å². The van der Waals surface area contributed by atoms with Gasteiger partial charge in [-0.1, -0.05) is 0 Å².